The fourth-order valence-electron chi connectivity index (χ4n) is 2.88. The van der Waals surface area contributed by atoms with E-state index in [1.54, 1.807) is 30.6 Å². The van der Waals surface area contributed by atoms with Crippen molar-refractivity contribution in [2.24, 2.45) is 0 Å². The lowest BCUT2D eigenvalue weighted by Gasteiger charge is -2.06. The zero-order valence-corrected chi connectivity index (χ0v) is 15.6. The molecule has 0 fully saturated rings. The SMILES string of the molecule is Nc1ncccc1-c1cc(Cc2ccc(OCCc3ccc(F)cc3)nc2)no1. The minimum atomic E-state index is -0.241. The van der Waals surface area contributed by atoms with Crippen molar-refractivity contribution in [3.05, 3.63) is 89.6 Å². The highest BCUT2D eigenvalue weighted by Gasteiger charge is 2.11. The van der Waals surface area contributed by atoms with Crippen molar-refractivity contribution in [1.29, 1.82) is 0 Å². The quantitative estimate of drug-likeness (QED) is 0.512. The Labute approximate surface area is 167 Å². The lowest BCUT2D eigenvalue weighted by molar-refractivity contribution is 0.309. The summed E-state index contributed by atoms with van der Waals surface area (Å²) in [5, 5.41) is 4.10. The molecule has 7 heteroatoms. The van der Waals surface area contributed by atoms with E-state index < -0.39 is 0 Å². The summed E-state index contributed by atoms with van der Waals surface area (Å²) in [5.41, 5.74) is 9.36. The van der Waals surface area contributed by atoms with Crippen LogP contribution in [0.5, 0.6) is 5.88 Å². The maximum atomic E-state index is 12.9. The number of aromatic nitrogens is 3. The molecule has 3 aromatic heterocycles. The second kappa shape index (κ2) is 8.52. The van der Waals surface area contributed by atoms with Crippen molar-refractivity contribution in [2.45, 2.75) is 12.8 Å². The first kappa shape index (κ1) is 18.6. The number of benzene rings is 1. The van der Waals surface area contributed by atoms with Gasteiger partial charge in [-0.05, 0) is 35.4 Å². The van der Waals surface area contributed by atoms with Crippen LogP contribution in [0.3, 0.4) is 0 Å². The molecule has 0 aliphatic rings. The van der Waals surface area contributed by atoms with Crippen LogP contribution in [0.2, 0.25) is 0 Å². The Hall–Kier alpha value is -3.74. The summed E-state index contributed by atoms with van der Waals surface area (Å²) >= 11 is 0. The smallest absolute Gasteiger partial charge is 0.213 e. The zero-order valence-electron chi connectivity index (χ0n) is 15.6. The number of rotatable bonds is 7. The molecule has 1 aromatic carbocycles. The number of halogens is 1. The molecular formula is C22H19FN4O2. The molecule has 0 saturated heterocycles. The van der Waals surface area contributed by atoms with Crippen molar-refractivity contribution in [1.82, 2.24) is 15.1 Å². The van der Waals surface area contributed by atoms with Crippen molar-refractivity contribution < 1.29 is 13.7 Å². The molecule has 0 amide bonds. The monoisotopic (exact) mass is 390 g/mol. The summed E-state index contributed by atoms with van der Waals surface area (Å²) < 4.78 is 24.0. The van der Waals surface area contributed by atoms with E-state index in [-0.39, 0.29) is 5.82 Å². The molecule has 6 nitrogen and oxygen atoms in total. The van der Waals surface area contributed by atoms with Gasteiger partial charge in [0.1, 0.15) is 11.6 Å². The molecule has 0 radical (unpaired) electrons. The Morgan fingerprint density at radius 3 is 2.59 bits per heavy atom. The van der Waals surface area contributed by atoms with E-state index in [9.17, 15) is 4.39 Å². The third-order valence-corrected chi connectivity index (χ3v) is 4.40. The van der Waals surface area contributed by atoms with E-state index in [4.69, 9.17) is 15.0 Å². The zero-order chi connectivity index (χ0) is 20.1. The van der Waals surface area contributed by atoms with Gasteiger partial charge in [0.15, 0.2) is 5.76 Å². The number of pyridine rings is 2. The minimum absolute atomic E-state index is 0.241. The predicted octanol–water partition coefficient (Wildman–Crippen LogP) is 4.07. The van der Waals surface area contributed by atoms with Crippen LogP contribution in [0.15, 0.2) is 71.5 Å². The molecule has 0 atom stereocenters. The van der Waals surface area contributed by atoms with Gasteiger partial charge in [0.2, 0.25) is 5.88 Å². The first-order chi connectivity index (χ1) is 14.2. The fourth-order valence-corrected chi connectivity index (χ4v) is 2.88. The Morgan fingerprint density at radius 2 is 1.83 bits per heavy atom. The van der Waals surface area contributed by atoms with Crippen molar-refractivity contribution >= 4 is 5.82 Å². The van der Waals surface area contributed by atoms with Gasteiger partial charge in [-0.2, -0.15) is 0 Å². The Morgan fingerprint density at radius 1 is 1.00 bits per heavy atom. The van der Waals surface area contributed by atoms with Gasteiger partial charge in [-0.15, -0.1) is 0 Å². The minimum Gasteiger partial charge on any atom is -0.477 e. The molecule has 3 heterocycles. The second-order valence-corrected chi connectivity index (χ2v) is 6.53. The maximum absolute atomic E-state index is 12.9. The highest BCUT2D eigenvalue weighted by Crippen LogP contribution is 2.25. The average molecular weight is 390 g/mol. The van der Waals surface area contributed by atoms with Crippen LogP contribution < -0.4 is 10.5 Å². The molecule has 4 aromatic rings. The largest absolute Gasteiger partial charge is 0.477 e. The van der Waals surface area contributed by atoms with Gasteiger partial charge in [0.05, 0.1) is 17.9 Å². The normalized spacial score (nSPS) is 10.8. The summed E-state index contributed by atoms with van der Waals surface area (Å²) in [4.78, 5) is 8.38. The number of anilines is 1. The maximum Gasteiger partial charge on any atom is 0.213 e. The molecular weight excluding hydrogens is 371 g/mol. The summed E-state index contributed by atoms with van der Waals surface area (Å²) in [7, 11) is 0. The van der Waals surface area contributed by atoms with Gasteiger partial charge in [0.25, 0.3) is 0 Å². The lowest BCUT2D eigenvalue weighted by Crippen LogP contribution is -2.03. The molecule has 29 heavy (non-hydrogen) atoms. The highest BCUT2D eigenvalue weighted by atomic mass is 19.1. The standard InChI is InChI=1S/C22H19FN4O2/c23-17-6-3-15(4-7-17)9-11-28-21-8-5-16(14-26-21)12-18-13-20(29-27-18)19-2-1-10-25-22(19)24/h1-8,10,13-14H,9,11-12H2,(H2,24,25). The third kappa shape index (κ3) is 4.76. The van der Waals surface area contributed by atoms with Crippen LogP contribution in [0.4, 0.5) is 10.2 Å². The molecule has 0 bridgehead atoms. The van der Waals surface area contributed by atoms with Crippen LogP contribution in [0.25, 0.3) is 11.3 Å². The number of nitrogens with zero attached hydrogens (tertiary/aromatic N) is 3. The lowest BCUT2D eigenvalue weighted by atomic mass is 10.1. The fraction of sp³-hybridized carbons (Fsp3) is 0.136. The van der Waals surface area contributed by atoms with E-state index in [2.05, 4.69) is 15.1 Å². The second-order valence-electron chi connectivity index (χ2n) is 6.53. The van der Waals surface area contributed by atoms with E-state index in [1.165, 1.54) is 12.1 Å². The van der Waals surface area contributed by atoms with E-state index >= 15 is 0 Å². The number of nitrogen functional groups attached to an aromatic ring is 1. The Bertz CT molecular complexity index is 1080. The number of ether oxygens (including phenoxy) is 1. The van der Waals surface area contributed by atoms with Gasteiger partial charge in [-0.3, -0.25) is 0 Å². The van der Waals surface area contributed by atoms with Crippen LogP contribution in [0, 0.1) is 5.82 Å². The van der Waals surface area contributed by atoms with Gasteiger partial charge in [0, 0.05) is 37.4 Å². The van der Waals surface area contributed by atoms with Gasteiger partial charge < -0.3 is 15.0 Å². The molecule has 0 aliphatic heterocycles. The Balaban J connectivity index is 1.33. The van der Waals surface area contributed by atoms with Crippen LogP contribution >= 0.6 is 0 Å². The summed E-state index contributed by atoms with van der Waals surface area (Å²) in [6.07, 6.45) is 4.64. The van der Waals surface area contributed by atoms with Crippen LogP contribution in [0.1, 0.15) is 16.8 Å². The third-order valence-electron chi connectivity index (χ3n) is 4.40. The molecule has 4 rings (SSSR count). The molecule has 0 aliphatic carbocycles. The first-order valence-electron chi connectivity index (χ1n) is 9.16. The average Bonchev–Trinajstić information content (AvgIpc) is 3.19. The van der Waals surface area contributed by atoms with Gasteiger partial charge >= 0.3 is 0 Å². The summed E-state index contributed by atoms with van der Waals surface area (Å²) in [6, 6.07) is 15.6. The molecule has 146 valence electrons. The van der Waals surface area contributed by atoms with Gasteiger partial charge in [-0.25, -0.2) is 14.4 Å². The molecule has 0 unspecified atom stereocenters. The van der Waals surface area contributed by atoms with Crippen molar-refractivity contribution in [2.75, 3.05) is 12.3 Å². The van der Waals surface area contributed by atoms with Crippen molar-refractivity contribution in [3.8, 4) is 17.2 Å². The highest BCUT2D eigenvalue weighted by molar-refractivity contribution is 5.69. The van der Waals surface area contributed by atoms with Crippen LogP contribution in [-0.2, 0) is 12.8 Å². The van der Waals surface area contributed by atoms with E-state index in [0.717, 1.165) is 16.8 Å². The molecule has 2 N–H and O–H groups in total. The van der Waals surface area contributed by atoms with E-state index in [0.29, 0.717) is 42.5 Å². The van der Waals surface area contributed by atoms with Gasteiger partial charge in [-0.1, -0.05) is 23.4 Å². The Kier molecular flexibility index (Phi) is 5.47. The predicted molar refractivity (Wildman–Crippen MR) is 107 cm³/mol. The first-order valence-corrected chi connectivity index (χ1v) is 9.16. The molecule has 0 spiro atoms. The number of nitrogens with two attached hydrogens (primary N) is 1. The topological polar surface area (TPSA) is 87.1 Å². The van der Waals surface area contributed by atoms with Crippen LogP contribution in [-0.4, -0.2) is 21.7 Å². The van der Waals surface area contributed by atoms with Crippen molar-refractivity contribution in [3.63, 3.8) is 0 Å². The number of hydrogen-bond acceptors (Lipinski definition) is 6. The number of hydrogen-bond donors (Lipinski definition) is 1. The van der Waals surface area contributed by atoms with E-state index in [1.807, 2.05) is 24.3 Å². The summed E-state index contributed by atoms with van der Waals surface area (Å²) in [5.74, 6) is 1.29. The summed E-state index contributed by atoms with van der Waals surface area (Å²) in [6.45, 7) is 0.469. The molecule has 0 saturated carbocycles.